The quantitative estimate of drug-likeness (QED) is 0.391. The minimum atomic E-state index is -0.393. The molecule has 1 saturated carbocycles. The van der Waals surface area contributed by atoms with Crippen molar-refractivity contribution in [1.29, 1.82) is 0 Å². The highest BCUT2D eigenvalue weighted by Gasteiger charge is 2.58. The zero-order valence-electron chi connectivity index (χ0n) is 14.2. The third-order valence-electron chi connectivity index (χ3n) is 5.27. The normalized spacial score (nSPS) is 43.8. The van der Waals surface area contributed by atoms with E-state index in [1.54, 1.807) is 0 Å². The van der Waals surface area contributed by atoms with Crippen molar-refractivity contribution in [3.05, 3.63) is 0 Å². The Morgan fingerprint density at radius 3 is 2.45 bits per heavy atom. The van der Waals surface area contributed by atoms with Crippen LogP contribution < -0.4 is 0 Å². The third-order valence-corrected chi connectivity index (χ3v) is 5.27. The molecule has 0 radical (unpaired) electrons. The van der Waals surface area contributed by atoms with E-state index in [9.17, 15) is 0 Å². The number of rotatable bonds is 8. The SMILES string of the molecule is CCOCOC1CC2CC(OCC3CO3)C1(C)OC2C(C)C. The van der Waals surface area contributed by atoms with Crippen LogP contribution in [-0.2, 0) is 23.7 Å². The smallest absolute Gasteiger partial charge is 0.147 e. The fourth-order valence-corrected chi connectivity index (χ4v) is 3.88. The van der Waals surface area contributed by atoms with Crippen LogP contribution in [0.1, 0.15) is 40.5 Å². The zero-order valence-corrected chi connectivity index (χ0v) is 14.2. The van der Waals surface area contributed by atoms with Crippen LogP contribution >= 0.6 is 0 Å². The van der Waals surface area contributed by atoms with Crippen molar-refractivity contribution in [3.8, 4) is 0 Å². The van der Waals surface area contributed by atoms with Gasteiger partial charge in [-0.3, -0.25) is 0 Å². The molecule has 6 unspecified atom stereocenters. The Balaban J connectivity index is 1.67. The van der Waals surface area contributed by atoms with Crippen molar-refractivity contribution in [2.45, 2.75) is 70.6 Å². The van der Waals surface area contributed by atoms with Gasteiger partial charge in [0.2, 0.25) is 0 Å². The van der Waals surface area contributed by atoms with Crippen molar-refractivity contribution >= 4 is 0 Å². The van der Waals surface area contributed by atoms with Gasteiger partial charge >= 0.3 is 0 Å². The molecule has 4 rings (SSSR count). The summed E-state index contributed by atoms with van der Waals surface area (Å²) in [7, 11) is 0. The molecule has 4 aliphatic rings. The van der Waals surface area contributed by atoms with Crippen molar-refractivity contribution in [2.24, 2.45) is 11.8 Å². The Labute approximate surface area is 133 Å². The zero-order chi connectivity index (χ0) is 15.7. The second-order valence-electron chi connectivity index (χ2n) is 7.29. The van der Waals surface area contributed by atoms with Crippen molar-refractivity contribution in [3.63, 3.8) is 0 Å². The lowest BCUT2D eigenvalue weighted by atomic mass is 9.67. The van der Waals surface area contributed by atoms with E-state index in [1.807, 2.05) is 6.92 Å². The monoisotopic (exact) mass is 314 g/mol. The lowest BCUT2D eigenvalue weighted by molar-refractivity contribution is -0.314. The van der Waals surface area contributed by atoms with Crippen molar-refractivity contribution < 1.29 is 23.7 Å². The molecule has 0 amide bonds. The molecular weight excluding hydrogens is 284 g/mol. The van der Waals surface area contributed by atoms with Gasteiger partial charge in [0.1, 0.15) is 18.5 Å². The summed E-state index contributed by atoms with van der Waals surface area (Å²) in [5.74, 6) is 1.02. The molecule has 0 aromatic heterocycles. The molecule has 3 heterocycles. The van der Waals surface area contributed by atoms with Gasteiger partial charge in [-0.1, -0.05) is 13.8 Å². The van der Waals surface area contributed by atoms with Crippen molar-refractivity contribution in [1.82, 2.24) is 0 Å². The first-order valence-electron chi connectivity index (χ1n) is 8.65. The Kier molecular flexibility index (Phi) is 5.10. The minimum absolute atomic E-state index is 0.0397. The van der Waals surface area contributed by atoms with Gasteiger partial charge in [0, 0.05) is 6.61 Å². The molecule has 22 heavy (non-hydrogen) atoms. The van der Waals surface area contributed by atoms with Gasteiger partial charge in [-0.15, -0.1) is 0 Å². The first-order valence-corrected chi connectivity index (χ1v) is 8.65. The van der Waals surface area contributed by atoms with E-state index in [1.165, 1.54) is 0 Å². The summed E-state index contributed by atoms with van der Waals surface area (Å²) in [5, 5.41) is 0. The van der Waals surface area contributed by atoms with E-state index >= 15 is 0 Å². The van der Waals surface area contributed by atoms with Crippen LogP contribution in [0, 0.1) is 11.8 Å². The van der Waals surface area contributed by atoms with Crippen molar-refractivity contribution in [2.75, 3.05) is 26.6 Å². The largest absolute Gasteiger partial charge is 0.372 e. The summed E-state index contributed by atoms with van der Waals surface area (Å²) in [4.78, 5) is 0. The van der Waals surface area contributed by atoms with E-state index in [4.69, 9.17) is 23.7 Å². The standard InChI is InChI=1S/C17H30O5/c1-5-18-10-21-15-7-12-6-14(20-9-13-8-19-13)17(15,4)22-16(12)11(2)3/h11-16H,5-10H2,1-4H3. The van der Waals surface area contributed by atoms with E-state index in [0.29, 0.717) is 37.9 Å². The molecule has 3 aliphatic heterocycles. The third kappa shape index (κ3) is 3.34. The predicted octanol–water partition coefficient (Wildman–Crippen LogP) is 2.37. The maximum absolute atomic E-state index is 6.50. The van der Waals surface area contributed by atoms with E-state index < -0.39 is 5.60 Å². The number of ether oxygens (including phenoxy) is 5. The molecular formula is C17H30O5. The van der Waals surface area contributed by atoms with E-state index in [2.05, 4.69) is 20.8 Å². The van der Waals surface area contributed by atoms with Gasteiger partial charge in [-0.2, -0.15) is 0 Å². The molecule has 5 nitrogen and oxygen atoms in total. The van der Waals surface area contributed by atoms with E-state index in [0.717, 1.165) is 19.4 Å². The fraction of sp³-hybridized carbons (Fsp3) is 1.00. The molecule has 1 aliphatic carbocycles. The Hall–Kier alpha value is -0.200. The van der Waals surface area contributed by atoms with Crippen LogP contribution in [0.25, 0.3) is 0 Å². The first kappa shape index (κ1) is 16.7. The summed E-state index contributed by atoms with van der Waals surface area (Å²) in [6.07, 6.45) is 2.80. The second-order valence-corrected chi connectivity index (χ2v) is 7.29. The highest BCUT2D eigenvalue weighted by Crippen LogP contribution is 2.49. The second kappa shape index (κ2) is 6.73. The summed E-state index contributed by atoms with van der Waals surface area (Å²) in [6, 6.07) is 0. The van der Waals surface area contributed by atoms with Gasteiger partial charge in [-0.05, 0) is 38.5 Å². The van der Waals surface area contributed by atoms with Gasteiger partial charge < -0.3 is 23.7 Å². The lowest BCUT2D eigenvalue weighted by Gasteiger charge is -2.57. The van der Waals surface area contributed by atoms with Crippen LogP contribution in [0.4, 0.5) is 0 Å². The first-order chi connectivity index (χ1) is 10.5. The van der Waals surface area contributed by atoms with E-state index in [-0.39, 0.29) is 18.3 Å². The predicted molar refractivity (Wildman–Crippen MR) is 81.7 cm³/mol. The summed E-state index contributed by atoms with van der Waals surface area (Å²) < 4.78 is 29.2. The molecule has 2 bridgehead atoms. The van der Waals surface area contributed by atoms with Gasteiger partial charge in [0.05, 0.1) is 31.5 Å². The Bertz CT molecular complexity index is 370. The van der Waals surface area contributed by atoms with Crippen LogP contribution in [0.2, 0.25) is 0 Å². The maximum atomic E-state index is 6.50. The molecule has 128 valence electrons. The molecule has 6 atom stereocenters. The topological polar surface area (TPSA) is 49.5 Å². The maximum Gasteiger partial charge on any atom is 0.147 e. The molecule has 0 aromatic rings. The van der Waals surface area contributed by atoms with Crippen LogP contribution in [0.3, 0.4) is 0 Å². The molecule has 4 fully saturated rings. The number of fused-ring (bicyclic) bond motifs is 3. The van der Waals surface area contributed by atoms with Gasteiger partial charge in [-0.25, -0.2) is 0 Å². The average Bonchev–Trinajstić information content (AvgIpc) is 3.30. The fourth-order valence-electron chi connectivity index (χ4n) is 3.88. The number of epoxide rings is 1. The lowest BCUT2D eigenvalue weighted by Crippen LogP contribution is -2.67. The average molecular weight is 314 g/mol. The molecule has 0 N–H and O–H groups in total. The van der Waals surface area contributed by atoms with Crippen LogP contribution in [0.15, 0.2) is 0 Å². The summed E-state index contributed by atoms with van der Waals surface area (Å²) in [5.41, 5.74) is -0.393. The Morgan fingerprint density at radius 2 is 1.86 bits per heavy atom. The van der Waals surface area contributed by atoms with Gasteiger partial charge in [0.15, 0.2) is 0 Å². The van der Waals surface area contributed by atoms with Gasteiger partial charge in [0.25, 0.3) is 0 Å². The highest BCUT2D eigenvalue weighted by molar-refractivity contribution is 5.06. The van der Waals surface area contributed by atoms with Crippen LogP contribution in [-0.4, -0.2) is 56.6 Å². The highest BCUT2D eigenvalue weighted by atomic mass is 16.7. The number of hydrogen-bond donors (Lipinski definition) is 0. The molecule has 0 aromatic carbocycles. The van der Waals surface area contributed by atoms with Crippen LogP contribution in [0.5, 0.6) is 0 Å². The number of hydrogen-bond acceptors (Lipinski definition) is 5. The summed E-state index contributed by atoms with van der Waals surface area (Å²) >= 11 is 0. The summed E-state index contributed by atoms with van der Waals surface area (Å²) in [6.45, 7) is 11.1. The Morgan fingerprint density at radius 1 is 1.18 bits per heavy atom. The molecule has 5 heteroatoms. The molecule has 0 spiro atoms. The molecule has 3 saturated heterocycles. The minimum Gasteiger partial charge on any atom is -0.372 e.